The van der Waals surface area contributed by atoms with Crippen LogP contribution in [0.3, 0.4) is 0 Å². The second-order valence-electron chi connectivity index (χ2n) is 4.19. The Hall–Kier alpha value is -1.24. The van der Waals surface area contributed by atoms with Crippen molar-refractivity contribution >= 4 is 11.8 Å². The molecule has 5 nitrogen and oxygen atoms in total. The monoisotopic (exact) mass is 249 g/mol. The summed E-state index contributed by atoms with van der Waals surface area (Å²) in [5.41, 5.74) is 0. The lowest BCUT2D eigenvalue weighted by atomic mass is 10.3. The van der Waals surface area contributed by atoms with Crippen molar-refractivity contribution in [2.45, 2.75) is 6.43 Å². The molecule has 0 aliphatic carbocycles. The Morgan fingerprint density at radius 3 is 2.12 bits per heavy atom. The Morgan fingerprint density at radius 1 is 1.18 bits per heavy atom. The summed E-state index contributed by atoms with van der Waals surface area (Å²) in [7, 11) is 3.33. The normalized spacial score (nSPS) is 17.4. The van der Waals surface area contributed by atoms with Crippen molar-refractivity contribution in [2.24, 2.45) is 0 Å². The molecule has 1 aliphatic rings. The highest BCUT2D eigenvalue weighted by Crippen LogP contribution is 2.06. The number of rotatable bonds is 3. The summed E-state index contributed by atoms with van der Waals surface area (Å²) in [5, 5.41) is 0. The fourth-order valence-corrected chi connectivity index (χ4v) is 1.60. The number of alkyl halides is 2. The summed E-state index contributed by atoms with van der Waals surface area (Å²) in [5.74, 6) is -1.15. The Bertz CT molecular complexity index is 289. The molecule has 0 aromatic carbocycles. The maximum absolute atomic E-state index is 12.2. The standard InChI is InChI=1S/C10H17F2N3O2/c1-13(2)8(16)7-14-3-5-15(6-4-14)10(17)9(11)12/h9H,3-7H2,1-2H3. The molecule has 17 heavy (non-hydrogen) atoms. The first-order valence-electron chi connectivity index (χ1n) is 5.41. The Kier molecular flexibility index (Phi) is 4.80. The largest absolute Gasteiger partial charge is 0.348 e. The van der Waals surface area contributed by atoms with Gasteiger partial charge < -0.3 is 9.80 Å². The molecule has 1 saturated heterocycles. The lowest BCUT2D eigenvalue weighted by Gasteiger charge is -2.34. The number of likely N-dealkylation sites (N-methyl/N-ethyl adjacent to an activating group) is 1. The molecule has 1 aliphatic heterocycles. The van der Waals surface area contributed by atoms with Crippen LogP contribution in [-0.2, 0) is 9.59 Å². The molecule has 0 bridgehead atoms. The predicted octanol–water partition coefficient (Wildman–Crippen LogP) is -0.516. The second-order valence-corrected chi connectivity index (χ2v) is 4.19. The second kappa shape index (κ2) is 5.90. The van der Waals surface area contributed by atoms with E-state index in [-0.39, 0.29) is 25.5 Å². The molecule has 0 atom stereocenters. The quantitative estimate of drug-likeness (QED) is 0.676. The van der Waals surface area contributed by atoms with Crippen LogP contribution in [0.5, 0.6) is 0 Å². The number of carbonyl (C=O) groups excluding carboxylic acids is 2. The molecule has 0 radical (unpaired) electrons. The van der Waals surface area contributed by atoms with Crippen LogP contribution in [-0.4, -0.2) is 79.8 Å². The zero-order valence-corrected chi connectivity index (χ0v) is 10.0. The van der Waals surface area contributed by atoms with Gasteiger partial charge in [0, 0.05) is 40.3 Å². The maximum atomic E-state index is 12.2. The molecular weight excluding hydrogens is 232 g/mol. The third kappa shape index (κ3) is 3.92. The zero-order valence-electron chi connectivity index (χ0n) is 10.0. The van der Waals surface area contributed by atoms with E-state index in [9.17, 15) is 18.4 Å². The van der Waals surface area contributed by atoms with Crippen LogP contribution in [0.2, 0.25) is 0 Å². The van der Waals surface area contributed by atoms with E-state index < -0.39 is 12.3 Å². The number of hydrogen-bond acceptors (Lipinski definition) is 3. The third-order valence-corrected chi connectivity index (χ3v) is 2.73. The van der Waals surface area contributed by atoms with Crippen LogP contribution < -0.4 is 0 Å². The molecule has 1 rings (SSSR count). The number of hydrogen-bond donors (Lipinski definition) is 0. The number of piperazine rings is 1. The fraction of sp³-hybridized carbons (Fsp3) is 0.800. The topological polar surface area (TPSA) is 43.9 Å². The van der Waals surface area contributed by atoms with Gasteiger partial charge >= 0.3 is 6.43 Å². The van der Waals surface area contributed by atoms with Crippen molar-refractivity contribution in [3.63, 3.8) is 0 Å². The average Bonchev–Trinajstić information content (AvgIpc) is 2.28. The SMILES string of the molecule is CN(C)C(=O)CN1CCN(C(=O)C(F)F)CC1. The Balaban J connectivity index is 2.36. The van der Waals surface area contributed by atoms with E-state index in [1.54, 1.807) is 14.1 Å². The van der Waals surface area contributed by atoms with E-state index in [1.807, 2.05) is 4.90 Å². The van der Waals surface area contributed by atoms with Crippen molar-refractivity contribution in [2.75, 3.05) is 46.8 Å². The summed E-state index contributed by atoms with van der Waals surface area (Å²) in [6.45, 7) is 1.69. The van der Waals surface area contributed by atoms with E-state index in [0.29, 0.717) is 13.1 Å². The molecule has 0 spiro atoms. The number of carbonyl (C=O) groups is 2. The van der Waals surface area contributed by atoms with Gasteiger partial charge in [-0.25, -0.2) is 0 Å². The minimum absolute atomic E-state index is 0.0290. The highest BCUT2D eigenvalue weighted by molar-refractivity contribution is 5.79. The van der Waals surface area contributed by atoms with Crippen molar-refractivity contribution < 1.29 is 18.4 Å². The number of nitrogens with zero attached hydrogens (tertiary/aromatic N) is 3. The minimum atomic E-state index is -2.94. The van der Waals surface area contributed by atoms with E-state index in [2.05, 4.69) is 0 Å². The van der Waals surface area contributed by atoms with Gasteiger partial charge in [-0.3, -0.25) is 14.5 Å². The Morgan fingerprint density at radius 2 is 1.71 bits per heavy atom. The minimum Gasteiger partial charge on any atom is -0.348 e. The van der Waals surface area contributed by atoms with Crippen LogP contribution >= 0.6 is 0 Å². The fourth-order valence-electron chi connectivity index (χ4n) is 1.60. The lowest BCUT2D eigenvalue weighted by Crippen LogP contribution is -2.52. The van der Waals surface area contributed by atoms with Gasteiger partial charge in [0.05, 0.1) is 6.54 Å². The van der Waals surface area contributed by atoms with Gasteiger partial charge in [-0.05, 0) is 0 Å². The van der Waals surface area contributed by atoms with Gasteiger partial charge in [-0.15, -0.1) is 0 Å². The van der Waals surface area contributed by atoms with Gasteiger partial charge in [0.15, 0.2) is 0 Å². The summed E-state index contributed by atoms with van der Waals surface area (Å²) in [6.07, 6.45) is -2.94. The zero-order chi connectivity index (χ0) is 13.0. The smallest absolute Gasteiger partial charge is 0.315 e. The van der Waals surface area contributed by atoms with Crippen molar-refractivity contribution in [3.05, 3.63) is 0 Å². The van der Waals surface area contributed by atoms with E-state index in [4.69, 9.17) is 0 Å². The maximum Gasteiger partial charge on any atom is 0.315 e. The van der Waals surface area contributed by atoms with Gasteiger partial charge in [-0.1, -0.05) is 0 Å². The molecule has 2 amide bonds. The highest BCUT2D eigenvalue weighted by Gasteiger charge is 2.27. The first kappa shape index (κ1) is 13.8. The van der Waals surface area contributed by atoms with E-state index >= 15 is 0 Å². The number of amides is 2. The molecule has 0 unspecified atom stereocenters. The van der Waals surface area contributed by atoms with Crippen molar-refractivity contribution in [1.82, 2.24) is 14.7 Å². The molecule has 0 saturated carbocycles. The summed E-state index contributed by atoms with van der Waals surface area (Å²) < 4.78 is 24.3. The first-order chi connectivity index (χ1) is 7.91. The van der Waals surface area contributed by atoms with E-state index in [0.717, 1.165) is 4.90 Å². The summed E-state index contributed by atoms with van der Waals surface area (Å²) in [6, 6.07) is 0. The molecule has 0 aromatic heterocycles. The van der Waals surface area contributed by atoms with Crippen LogP contribution in [0.1, 0.15) is 0 Å². The average molecular weight is 249 g/mol. The summed E-state index contributed by atoms with van der Waals surface area (Å²) in [4.78, 5) is 26.9. The molecule has 1 heterocycles. The molecule has 98 valence electrons. The van der Waals surface area contributed by atoms with Crippen LogP contribution in [0.4, 0.5) is 8.78 Å². The van der Waals surface area contributed by atoms with Crippen LogP contribution in [0, 0.1) is 0 Å². The third-order valence-electron chi connectivity index (χ3n) is 2.73. The van der Waals surface area contributed by atoms with Gasteiger partial charge in [0.1, 0.15) is 0 Å². The van der Waals surface area contributed by atoms with Gasteiger partial charge in [0.2, 0.25) is 5.91 Å². The first-order valence-corrected chi connectivity index (χ1v) is 5.41. The molecule has 0 N–H and O–H groups in total. The molecule has 0 aromatic rings. The van der Waals surface area contributed by atoms with Gasteiger partial charge in [0.25, 0.3) is 5.91 Å². The lowest BCUT2D eigenvalue weighted by molar-refractivity contribution is -0.144. The molecule has 1 fully saturated rings. The highest BCUT2D eigenvalue weighted by atomic mass is 19.3. The predicted molar refractivity (Wildman–Crippen MR) is 57.7 cm³/mol. The van der Waals surface area contributed by atoms with Crippen molar-refractivity contribution in [1.29, 1.82) is 0 Å². The Labute approximate surface area is 99.0 Å². The summed E-state index contributed by atoms with van der Waals surface area (Å²) >= 11 is 0. The van der Waals surface area contributed by atoms with Crippen molar-refractivity contribution in [3.8, 4) is 0 Å². The van der Waals surface area contributed by atoms with Crippen LogP contribution in [0.15, 0.2) is 0 Å². The van der Waals surface area contributed by atoms with E-state index in [1.165, 1.54) is 4.90 Å². The van der Waals surface area contributed by atoms with Crippen LogP contribution in [0.25, 0.3) is 0 Å². The molecular formula is C10H17F2N3O2. The number of halogens is 2. The van der Waals surface area contributed by atoms with Gasteiger partial charge in [-0.2, -0.15) is 8.78 Å². The molecule has 7 heteroatoms.